The minimum Gasteiger partial charge on any atom is -0.395 e. The predicted octanol–water partition coefficient (Wildman–Crippen LogP) is 2.56. The van der Waals surface area contributed by atoms with Gasteiger partial charge in [-0.3, -0.25) is 4.40 Å². The third-order valence-electron chi connectivity index (χ3n) is 4.10. The molecule has 3 aromatic rings. The van der Waals surface area contributed by atoms with Crippen LogP contribution in [0.2, 0.25) is 0 Å². The smallest absolute Gasteiger partial charge is 0.321 e. The number of pyridine rings is 1. The zero-order valence-corrected chi connectivity index (χ0v) is 14.8. The van der Waals surface area contributed by atoms with Crippen LogP contribution in [0.3, 0.4) is 0 Å². The predicted molar refractivity (Wildman–Crippen MR) is 100 cm³/mol. The summed E-state index contributed by atoms with van der Waals surface area (Å²) in [7, 11) is 0. The van der Waals surface area contributed by atoms with Gasteiger partial charge in [-0.2, -0.15) is 0 Å². The Balaban J connectivity index is 1.65. The maximum Gasteiger partial charge on any atom is 0.321 e. The number of aliphatic hydroxyl groups is 1. The second-order valence-electron chi connectivity index (χ2n) is 6.06. The van der Waals surface area contributed by atoms with Crippen molar-refractivity contribution in [3.8, 4) is 0 Å². The van der Waals surface area contributed by atoms with Gasteiger partial charge < -0.3 is 15.3 Å². The van der Waals surface area contributed by atoms with Crippen molar-refractivity contribution in [1.82, 2.24) is 19.5 Å². The average Bonchev–Trinajstić information content (AvgIpc) is 3.06. The van der Waals surface area contributed by atoms with Gasteiger partial charge in [0, 0.05) is 31.4 Å². The van der Waals surface area contributed by atoms with E-state index in [0.29, 0.717) is 19.5 Å². The molecule has 0 unspecified atom stereocenters. The lowest BCUT2D eigenvalue weighted by Crippen LogP contribution is -2.37. The Hall–Kier alpha value is -2.93. The van der Waals surface area contributed by atoms with E-state index in [1.54, 1.807) is 4.90 Å². The zero-order valence-electron chi connectivity index (χ0n) is 14.8. The summed E-state index contributed by atoms with van der Waals surface area (Å²) in [5, 5.41) is 20.3. The monoisotopic (exact) mass is 353 g/mol. The van der Waals surface area contributed by atoms with Gasteiger partial charge in [0.1, 0.15) is 5.82 Å². The van der Waals surface area contributed by atoms with E-state index < -0.39 is 0 Å². The molecule has 0 aliphatic carbocycles. The summed E-state index contributed by atoms with van der Waals surface area (Å²) < 4.78 is 1.97. The molecular weight excluding hydrogens is 330 g/mol. The lowest BCUT2D eigenvalue weighted by atomic mass is 10.1. The highest BCUT2D eigenvalue weighted by Crippen LogP contribution is 2.14. The zero-order chi connectivity index (χ0) is 18.4. The summed E-state index contributed by atoms with van der Waals surface area (Å²) in [5.74, 6) is 0.870. The second-order valence-corrected chi connectivity index (χ2v) is 6.06. The molecule has 7 nitrogen and oxygen atoms in total. The highest BCUT2D eigenvalue weighted by molar-refractivity contribution is 5.89. The minimum atomic E-state index is -0.197. The summed E-state index contributed by atoms with van der Waals surface area (Å²) in [6, 6.07) is 13.3. The van der Waals surface area contributed by atoms with Gasteiger partial charge in [-0.1, -0.05) is 25.1 Å². The van der Waals surface area contributed by atoms with Crippen molar-refractivity contribution in [2.24, 2.45) is 0 Å². The van der Waals surface area contributed by atoms with Crippen molar-refractivity contribution in [3.63, 3.8) is 0 Å². The molecule has 2 N–H and O–H groups in total. The van der Waals surface area contributed by atoms with Crippen molar-refractivity contribution in [3.05, 3.63) is 60.0 Å². The number of nitrogens with zero attached hydrogens (tertiary/aromatic N) is 4. The largest absolute Gasteiger partial charge is 0.395 e. The number of amides is 2. The van der Waals surface area contributed by atoms with E-state index in [4.69, 9.17) is 5.11 Å². The van der Waals surface area contributed by atoms with E-state index >= 15 is 0 Å². The van der Waals surface area contributed by atoms with Gasteiger partial charge >= 0.3 is 6.03 Å². The fourth-order valence-electron chi connectivity index (χ4n) is 2.81. The maximum atomic E-state index is 12.3. The van der Waals surface area contributed by atoms with E-state index in [0.717, 1.165) is 29.1 Å². The topological polar surface area (TPSA) is 82.8 Å². The summed E-state index contributed by atoms with van der Waals surface area (Å²) in [6.45, 7) is 2.90. The van der Waals surface area contributed by atoms with E-state index in [-0.39, 0.29) is 12.6 Å². The number of anilines is 1. The molecule has 0 saturated carbocycles. The number of aliphatic hydroxyl groups excluding tert-OH is 1. The molecule has 0 atom stereocenters. The SMILES string of the molecule is CCCN(CCO)C(=O)Nc1ccc(Cc2nnc3ccccn23)cc1. The van der Waals surface area contributed by atoms with E-state index in [1.807, 2.05) is 60.0 Å². The van der Waals surface area contributed by atoms with E-state index in [2.05, 4.69) is 15.5 Å². The number of nitrogens with one attached hydrogen (secondary N) is 1. The molecule has 0 aliphatic heterocycles. The summed E-state index contributed by atoms with van der Waals surface area (Å²) in [6.07, 6.45) is 3.45. The molecule has 0 aliphatic rings. The molecule has 2 amide bonds. The van der Waals surface area contributed by atoms with Crippen LogP contribution in [-0.4, -0.2) is 50.3 Å². The number of rotatable bonds is 7. The standard InChI is InChI=1S/C19H23N5O2/c1-2-10-23(12-13-25)19(26)20-16-8-6-15(7-9-16)14-18-22-21-17-5-3-4-11-24(17)18/h3-9,11,25H,2,10,12-14H2,1H3,(H,20,26). The van der Waals surface area contributed by atoms with Crippen molar-refractivity contribution in [1.29, 1.82) is 0 Å². The molecule has 136 valence electrons. The van der Waals surface area contributed by atoms with Gasteiger partial charge in [0.15, 0.2) is 5.65 Å². The first kappa shape index (κ1) is 17.9. The van der Waals surface area contributed by atoms with Crippen molar-refractivity contribution in [2.45, 2.75) is 19.8 Å². The van der Waals surface area contributed by atoms with Crippen LogP contribution in [0, 0.1) is 0 Å². The van der Waals surface area contributed by atoms with Crippen molar-refractivity contribution < 1.29 is 9.90 Å². The molecule has 3 rings (SSSR count). The van der Waals surface area contributed by atoms with Crippen molar-refractivity contribution in [2.75, 3.05) is 25.0 Å². The molecule has 26 heavy (non-hydrogen) atoms. The van der Waals surface area contributed by atoms with Gasteiger partial charge in [0.05, 0.1) is 6.61 Å². The Bertz CT molecular complexity index is 854. The second kappa shape index (κ2) is 8.44. The van der Waals surface area contributed by atoms with Crippen LogP contribution in [-0.2, 0) is 6.42 Å². The number of urea groups is 1. The number of hydrogen-bond donors (Lipinski definition) is 2. The normalized spacial score (nSPS) is 10.8. The van der Waals surface area contributed by atoms with Crippen LogP contribution >= 0.6 is 0 Å². The van der Waals surface area contributed by atoms with Gasteiger partial charge in [0.2, 0.25) is 0 Å². The van der Waals surface area contributed by atoms with Crippen molar-refractivity contribution >= 4 is 17.4 Å². The molecule has 7 heteroatoms. The Labute approximate surface area is 152 Å². The first-order valence-corrected chi connectivity index (χ1v) is 8.75. The summed E-state index contributed by atoms with van der Waals surface area (Å²) in [5.41, 5.74) is 2.64. The Morgan fingerprint density at radius 1 is 1.15 bits per heavy atom. The maximum absolute atomic E-state index is 12.3. The number of fused-ring (bicyclic) bond motifs is 1. The molecule has 0 spiro atoms. The van der Waals surface area contributed by atoms with E-state index in [9.17, 15) is 4.79 Å². The molecule has 2 heterocycles. The highest BCUT2D eigenvalue weighted by atomic mass is 16.3. The van der Waals surface area contributed by atoms with Crippen LogP contribution in [0.15, 0.2) is 48.7 Å². The average molecular weight is 353 g/mol. The molecule has 0 radical (unpaired) electrons. The summed E-state index contributed by atoms with van der Waals surface area (Å²) in [4.78, 5) is 13.9. The fourth-order valence-corrected chi connectivity index (χ4v) is 2.81. The first-order chi connectivity index (χ1) is 12.7. The number of benzene rings is 1. The number of carbonyl (C=O) groups is 1. The number of aromatic nitrogens is 3. The molecule has 1 aromatic carbocycles. The lowest BCUT2D eigenvalue weighted by molar-refractivity contribution is 0.188. The molecular formula is C19H23N5O2. The lowest BCUT2D eigenvalue weighted by Gasteiger charge is -2.21. The van der Waals surface area contributed by atoms with Crippen LogP contribution in [0.4, 0.5) is 10.5 Å². The summed E-state index contributed by atoms with van der Waals surface area (Å²) >= 11 is 0. The van der Waals surface area contributed by atoms with Crippen LogP contribution in [0.5, 0.6) is 0 Å². The number of hydrogen-bond acceptors (Lipinski definition) is 4. The molecule has 2 aromatic heterocycles. The van der Waals surface area contributed by atoms with E-state index in [1.165, 1.54) is 0 Å². The third-order valence-corrected chi connectivity index (χ3v) is 4.10. The molecule has 0 fully saturated rings. The van der Waals surface area contributed by atoms with Crippen LogP contribution in [0.1, 0.15) is 24.7 Å². The van der Waals surface area contributed by atoms with Crippen LogP contribution in [0.25, 0.3) is 5.65 Å². The van der Waals surface area contributed by atoms with Gasteiger partial charge in [0.25, 0.3) is 0 Å². The molecule has 0 bridgehead atoms. The highest BCUT2D eigenvalue weighted by Gasteiger charge is 2.12. The van der Waals surface area contributed by atoms with Gasteiger partial charge in [-0.05, 0) is 36.2 Å². The third kappa shape index (κ3) is 4.18. The fraction of sp³-hybridized carbons (Fsp3) is 0.316. The Morgan fingerprint density at radius 3 is 2.69 bits per heavy atom. The minimum absolute atomic E-state index is 0.0430. The van der Waals surface area contributed by atoms with Crippen LogP contribution < -0.4 is 5.32 Å². The first-order valence-electron chi connectivity index (χ1n) is 8.75. The quantitative estimate of drug-likeness (QED) is 0.684. The van der Waals surface area contributed by atoms with Gasteiger partial charge in [-0.25, -0.2) is 4.79 Å². The number of carbonyl (C=O) groups excluding carboxylic acids is 1. The Morgan fingerprint density at radius 2 is 1.96 bits per heavy atom. The molecule has 0 saturated heterocycles. The Kier molecular flexibility index (Phi) is 5.80. The van der Waals surface area contributed by atoms with Gasteiger partial charge in [-0.15, -0.1) is 10.2 Å².